The number of halogens is 4. The van der Waals surface area contributed by atoms with Crippen LogP contribution in [0.25, 0.3) is 16.9 Å². The van der Waals surface area contributed by atoms with Crippen LogP contribution in [0.2, 0.25) is 0 Å². The van der Waals surface area contributed by atoms with E-state index in [0.717, 1.165) is 35.3 Å². The molecule has 0 aliphatic rings. The number of methoxy groups -OCH3 is 1. The topological polar surface area (TPSA) is 115 Å². The summed E-state index contributed by atoms with van der Waals surface area (Å²) in [6.07, 6.45) is 0.0575. The highest BCUT2D eigenvalue weighted by Crippen LogP contribution is 2.31. The number of ether oxygens (including phenoxy) is 1. The molecule has 1 aromatic carbocycles. The predicted molar refractivity (Wildman–Crippen MR) is 111 cm³/mol. The monoisotopic (exact) mass is 474 g/mol. The number of nitrogens with zero attached hydrogens (tertiary/aromatic N) is 5. The van der Waals surface area contributed by atoms with Gasteiger partial charge in [0, 0.05) is 53.7 Å². The molecule has 0 bridgehead atoms. The highest BCUT2D eigenvalue weighted by molar-refractivity contribution is 5.89. The zero-order chi connectivity index (χ0) is 24.5. The third-order valence-corrected chi connectivity index (χ3v) is 4.52. The second kappa shape index (κ2) is 8.77. The number of hydrogen-bond donors (Lipinski definition) is 2. The Bertz CT molecular complexity index is 1370. The van der Waals surface area contributed by atoms with Gasteiger partial charge in [-0.2, -0.15) is 23.3 Å². The van der Waals surface area contributed by atoms with Crippen molar-refractivity contribution in [3.05, 3.63) is 72.2 Å². The Morgan fingerprint density at radius 2 is 1.94 bits per heavy atom. The van der Waals surface area contributed by atoms with Gasteiger partial charge in [0.2, 0.25) is 5.95 Å². The minimum atomic E-state index is -4.69. The molecule has 0 atom stereocenters. The lowest BCUT2D eigenvalue weighted by atomic mass is 10.1. The van der Waals surface area contributed by atoms with Crippen LogP contribution in [0, 0.1) is 5.82 Å². The van der Waals surface area contributed by atoms with Crippen LogP contribution in [0.1, 0.15) is 16.1 Å². The Kier molecular flexibility index (Phi) is 5.84. The number of aromatic nitrogens is 5. The van der Waals surface area contributed by atoms with Gasteiger partial charge in [-0.3, -0.25) is 4.98 Å². The van der Waals surface area contributed by atoms with E-state index in [1.165, 1.54) is 31.6 Å². The number of carbonyl (C=O) groups is 1. The summed E-state index contributed by atoms with van der Waals surface area (Å²) in [5.41, 5.74) is -0.679. The largest absolute Gasteiger partial charge is 0.497 e. The first-order valence-corrected chi connectivity index (χ1v) is 9.44. The Morgan fingerprint density at radius 3 is 2.62 bits per heavy atom. The first kappa shape index (κ1) is 22.6. The van der Waals surface area contributed by atoms with Crippen LogP contribution in [0.3, 0.4) is 0 Å². The van der Waals surface area contributed by atoms with Crippen molar-refractivity contribution in [2.24, 2.45) is 0 Å². The standard InChI is InChI=1S/C21H14F4N6O3/c1-34-15-6-13(22)5-14(7-15)28-20-27-10-16(11-4-12(19(32)33)9-26-8-11)18(29-20)31-3-2-17(30-31)21(23,24)25/h2-10H,1H3,(H,32,33)(H,27,28,29). The molecule has 0 saturated heterocycles. The third kappa shape index (κ3) is 4.77. The number of hydrogen-bond acceptors (Lipinski definition) is 7. The molecule has 2 N–H and O–H groups in total. The highest BCUT2D eigenvalue weighted by atomic mass is 19.4. The summed E-state index contributed by atoms with van der Waals surface area (Å²) in [6.45, 7) is 0. The molecule has 3 aromatic heterocycles. The third-order valence-electron chi connectivity index (χ3n) is 4.52. The van der Waals surface area contributed by atoms with Crippen LogP contribution >= 0.6 is 0 Å². The zero-order valence-electron chi connectivity index (χ0n) is 17.2. The molecule has 0 spiro atoms. The molecule has 0 radical (unpaired) electrons. The number of aromatic carboxylic acids is 1. The highest BCUT2D eigenvalue weighted by Gasteiger charge is 2.34. The second-order valence-electron chi connectivity index (χ2n) is 6.85. The van der Waals surface area contributed by atoms with E-state index < -0.39 is 23.7 Å². The summed E-state index contributed by atoms with van der Waals surface area (Å²) in [7, 11) is 1.36. The summed E-state index contributed by atoms with van der Waals surface area (Å²) in [4.78, 5) is 23.6. The van der Waals surface area contributed by atoms with Crippen LogP contribution in [0.4, 0.5) is 29.2 Å². The van der Waals surface area contributed by atoms with Gasteiger partial charge < -0.3 is 15.2 Å². The summed E-state index contributed by atoms with van der Waals surface area (Å²) >= 11 is 0. The lowest BCUT2D eigenvalue weighted by molar-refractivity contribution is -0.141. The van der Waals surface area contributed by atoms with Crippen molar-refractivity contribution >= 4 is 17.6 Å². The van der Waals surface area contributed by atoms with Gasteiger partial charge in [-0.1, -0.05) is 0 Å². The molecular formula is C21H14F4N6O3. The molecule has 13 heteroatoms. The Hall–Kier alpha value is -4.55. The van der Waals surface area contributed by atoms with Crippen molar-refractivity contribution in [3.8, 4) is 22.7 Å². The number of benzene rings is 1. The Balaban J connectivity index is 1.82. The molecule has 0 aliphatic heterocycles. The van der Waals surface area contributed by atoms with Gasteiger partial charge in [-0.25, -0.2) is 18.9 Å². The van der Waals surface area contributed by atoms with E-state index >= 15 is 0 Å². The molecule has 4 rings (SSSR count). The first-order valence-electron chi connectivity index (χ1n) is 9.44. The smallest absolute Gasteiger partial charge is 0.435 e. The van der Waals surface area contributed by atoms with Crippen LogP contribution in [0.15, 0.2) is 55.1 Å². The minimum absolute atomic E-state index is 0.0854. The molecule has 34 heavy (non-hydrogen) atoms. The Labute approximate surface area is 188 Å². The number of carboxylic acids is 1. The number of pyridine rings is 1. The lowest BCUT2D eigenvalue weighted by Gasteiger charge is -2.12. The van der Waals surface area contributed by atoms with Crippen LogP contribution in [-0.4, -0.2) is 42.9 Å². The number of alkyl halides is 3. The fraction of sp³-hybridized carbons (Fsp3) is 0.0952. The van der Waals surface area contributed by atoms with Crippen molar-refractivity contribution in [1.82, 2.24) is 24.7 Å². The van der Waals surface area contributed by atoms with Crippen molar-refractivity contribution in [3.63, 3.8) is 0 Å². The van der Waals surface area contributed by atoms with Crippen LogP contribution < -0.4 is 10.1 Å². The van der Waals surface area contributed by atoms with Gasteiger partial charge in [0.1, 0.15) is 11.6 Å². The van der Waals surface area contributed by atoms with Gasteiger partial charge in [-0.15, -0.1) is 0 Å². The van der Waals surface area contributed by atoms with E-state index in [1.807, 2.05) is 0 Å². The zero-order valence-corrected chi connectivity index (χ0v) is 17.2. The van der Waals surface area contributed by atoms with E-state index in [1.54, 1.807) is 0 Å². The molecule has 0 saturated carbocycles. The maximum atomic E-state index is 13.8. The van der Waals surface area contributed by atoms with E-state index in [9.17, 15) is 27.5 Å². The summed E-state index contributed by atoms with van der Waals surface area (Å²) in [5.74, 6) is -1.80. The molecule has 0 unspecified atom stereocenters. The van der Waals surface area contributed by atoms with Crippen molar-refractivity contribution in [1.29, 1.82) is 0 Å². The van der Waals surface area contributed by atoms with Crippen LogP contribution in [0.5, 0.6) is 5.75 Å². The molecule has 0 fully saturated rings. The number of anilines is 2. The van der Waals surface area contributed by atoms with Gasteiger partial charge in [0.05, 0.1) is 12.7 Å². The molecular weight excluding hydrogens is 460 g/mol. The number of carboxylic acid groups (broad SMARTS) is 1. The van der Waals surface area contributed by atoms with E-state index in [4.69, 9.17) is 4.74 Å². The molecule has 0 aliphatic carbocycles. The Morgan fingerprint density at radius 1 is 1.15 bits per heavy atom. The van der Waals surface area contributed by atoms with Gasteiger partial charge in [-0.05, 0) is 18.2 Å². The fourth-order valence-corrected chi connectivity index (χ4v) is 2.99. The maximum Gasteiger partial charge on any atom is 0.435 e. The van der Waals surface area contributed by atoms with E-state index in [0.29, 0.717) is 0 Å². The molecule has 174 valence electrons. The van der Waals surface area contributed by atoms with Gasteiger partial charge in [0.25, 0.3) is 0 Å². The van der Waals surface area contributed by atoms with Crippen molar-refractivity contribution < 1.29 is 32.2 Å². The molecule has 4 aromatic rings. The maximum absolute atomic E-state index is 13.8. The van der Waals surface area contributed by atoms with Crippen molar-refractivity contribution in [2.75, 3.05) is 12.4 Å². The predicted octanol–water partition coefficient (Wildman–Crippen LogP) is 4.33. The lowest BCUT2D eigenvalue weighted by Crippen LogP contribution is -2.10. The van der Waals surface area contributed by atoms with Gasteiger partial charge in [0.15, 0.2) is 11.5 Å². The van der Waals surface area contributed by atoms with E-state index in [2.05, 4.69) is 25.4 Å². The minimum Gasteiger partial charge on any atom is -0.497 e. The van der Waals surface area contributed by atoms with Crippen molar-refractivity contribution in [2.45, 2.75) is 6.18 Å². The average Bonchev–Trinajstić information content (AvgIpc) is 3.29. The fourth-order valence-electron chi connectivity index (χ4n) is 2.99. The number of nitrogens with one attached hydrogen (secondary N) is 1. The number of rotatable bonds is 6. The normalized spacial score (nSPS) is 11.3. The van der Waals surface area contributed by atoms with Crippen LogP contribution in [-0.2, 0) is 6.18 Å². The summed E-state index contributed by atoms with van der Waals surface area (Å²) in [6, 6.07) is 5.81. The second-order valence-corrected chi connectivity index (χ2v) is 6.85. The van der Waals surface area contributed by atoms with Gasteiger partial charge >= 0.3 is 12.1 Å². The summed E-state index contributed by atoms with van der Waals surface area (Å²) in [5, 5.41) is 15.5. The SMILES string of the molecule is COc1cc(F)cc(Nc2ncc(-c3cncc(C(=O)O)c3)c(-n3ccc(C(F)(F)F)n3)n2)c1. The molecule has 3 heterocycles. The molecule has 9 nitrogen and oxygen atoms in total. The van der Waals surface area contributed by atoms with E-state index in [-0.39, 0.29) is 39.9 Å². The quantitative estimate of drug-likeness (QED) is 0.397. The summed E-state index contributed by atoms with van der Waals surface area (Å²) < 4.78 is 59.1. The molecule has 0 amide bonds. The first-order chi connectivity index (χ1) is 16.1. The average molecular weight is 474 g/mol.